The third-order valence-corrected chi connectivity index (χ3v) is 4.63. The predicted molar refractivity (Wildman–Crippen MR) is 99.6 cm³/mol. The molecular formula is C20H23N3O2. The number of likely N-dealkylation sites (tertiary alicyclic amines) is 1. The predicted octanol–water partition coefficient (Wildman–Crippen LogP) is 3.59. The lowest BCUT2D eigenvalue weighted by atomic mass is 9.95. The van der Waals surface area contributed by atoms with Crippen molar-refractivity contribution in [3.8, 4) is 0 Å². The quantitative estimate of drug-likeness (QED) is 0.930. The third kappa shape index (κ3) is 4.18. The van der Waals surface area contributed by atoms with E-state index < -0.39 is 0 Å². The second-order valence-electron chi connectivity index (χ2n) is 6.29. The van der Waals surface area contributed by atoms with E-state index in [1.165, 1.54) is 0 Å². The van der Waals surface area contributed by atoms with Crippen molar-refractivity contribution in [1.82, 2.24) is 4.90 Å². The van der Waals surface area contributed by atoms with Crippen molar-refractivity contribution in [1.29, 1.82) is 0 Å². The Balaban J connectivity index is 1.53. The highest BCUT2D eigenvalue weighted by molar-refractivity contribution is 5.95. The first-order valence-corrected chi connectivity index (χ1v) is 8.59. The lowest BCUT2D eigenvalue weighted by Crippen LogP contribution is -2.45. The number of nitrogens with one attached hydrogen (secondary N) is 1. The molecule has 3 rings (SSSR count). The molecule has 0 bridgehead atoms. The van der Waals surface area contributed by atoms with Gasteiger partial charge in [-0.3, -0.25) is 4.79 Å². The van der Waals surface area contributed by atoms with Crippen LogP contribution in [-0.4, -0.2) is 37.0 Å². The van der Waals surface area contributed by atoms with Crippen molar-refractivity contribution in [2.24, 2.45) is 5.92 Å². The Morgan fingerprint density at radius 2 is 1.52 bits per heavy atom. The maximum atomic E-state index is 12.7. The molecule has 1 fully saturated rings. The first-order chi connectivity index (χ1) is 12.1. The number of anilines is 2. The maximum absolute atomic E-state index is 12.7. The molecule has 1 saturated heterocycles. The van der Waals surface area contributed by atoms with Gasteiger partial charge >= 0.3 is 6.03 Å². The van der Waals surface area contributed by atoms with Crippen LogP contribution < -0.4 is 10.2 Å². The van der Waals surface area contributed by atoms with Crippen LogP contribution in [-0.2, 0) is 4.79 Å². The van der Waals surface area contributed by atoms with E-state index in [0.29, 0.717) is 25.9 Å². The zero-order valence-electron chi connectivity index (χ0n) is 14.4. The van der Waals surface area contributed by atoms with E-state index in [4.69, 9.17) is 0 Å². The number of rotatable bonds is 3. The minimum absolute atomic E-state index is 0.0361. The summed E-state index contributed by atoms with van der Waals surface area (Å²) in [4.78, 5) is 28.5. The molecule has 0 aliphatic carbocycles. The number of carbonyl (C=O) groups excluding carboxylic acids is 2. The molecule has 25 heavy (non-hydrogen) atoms. The molecule has 5 nitrogen and oxygen atoms in total. The number of nitrogens with zero attached hydrogens (tertiary/aromatic N) is 2. The van der Waals surface area contributed by atoms with Gasteiger partial charge in [0.25, 0.3) is 0 Å². The number of carbonyl (C=O) groups is 2. The minimum Gasteiger partial charge on any atom is -0.324 e. The largest absolute Gasteiger partial charge is 0.324 e. The average Bonchev–Trinajstić information content (AvgIpc) is 2.68. The summed E-state index contributed by atoms with van der Waals surface area (Å²) in [6, 6.07) is 19.0. The lowest BCUT2D eigenvalue weighted by molar-refractivity contribution is -0.123. The second kappa shape index (κ2) is 7.83. The normalized spacial score (nSPS) is 14.8. The van der Waals surface area contributed by atoms with E-state index in [1.807, 2.05) is 67.7 Å². The smallest absolute Gasteiger partial charge is 0.321 e. The molecule has 0 spiro atoms. The summed E-state index contributed by atoms with van der Waals surface area (Å²) < 4.78 is 0. The van der Waals surface area contributed by atoms with Crippen molar-refractivity contribution < 1.29 is 9.59 Å². The molecule has 2 aromatic carbocycles. The van der Waals surface area contributed by atoms with Gasteiger partial charge in [0, 0.05) is 37.4 Å². The lowest BCUT2D eigenvalue weighted by Gasteiger charge is -2.33. The van der Waals surface area contributed by atoms with Crippen LogP contribution in [0.4, 0.5) is 16.2 Å². The Morgan fingerprint density at radius 1 is 0.960 bits per heavy atom. The van der Waals surface area contributed by atoms with Gasteiger partial charge < -0.3 is 15.1 Å². The molecule has 1 heterocycles. The highest BCUT2D eigenvalue weighted by Gasteiger charge is 2.29. The van der Waals surface area contributed by atoms with Crippen molar-refractivity contribution in [3.63, 3.8) is 0 Å². The van der Waals surface area contributed by atoms with Crippen LogP contribution in [0.25, 0.3) is 0 Å². The molecule has 1 aliphatic rings. The van der Waals surface area contributed by atoms with E-state index in [2.05, 4.69) is 5.32 Å². The summed E-state index contributed by atoms with van der Waals surface area (Å²) in [6.07, 6.45) is 1.39. The molecule has 1 aliphatic heterocycles. The number of hydrogen-bond donors (Lipinski definition) is 1. The van der Waals surface area contributed by atoms with Crippen LogP contribution in [0, 0.1) is 5.92 Å². The summed E-state index contributed by atoms with van der Waals surface area (Å²) in [5, 5.41) is 2.90. The van der Waals surface area contributed by atoms with Gasteiger partial charge in [0.05, 0.1) is 0 Å². The van der Waals surface area contributed by atoms with Crippen molar-refractivity contribution in [3.05, 3.63) is 60.7 Å². The summed E-state index contributed by atoms with van der Waals surface area (Å²) >= 11 is 0. The van der Waals surface area contributed by atoms with Crippen molar-refractivity contribution in [2.45, 2.75) is 12.8 Å². The summed E-state index contributed by atoms with van der Waals surface area (Å²) in [5.74, 6) is 0.0836. The summed E-state index contributed by atoms with van der Waals surface area (Å²) in [5.41, 5.74) is 1.69. The Morgan fingerprint density at radius 3 is 2.12 bits per heavy atom. The second-order valence-corrected chi connectivity index (χ2v) is 6.29. The Bertz CT molecular complexity index is 710. The molecule has 0 saturated carbocycles. The van der Waals surface area contributed by atoms with E-state index in [1.54, 1.807) is 9.80 Å². The van der Waals surface area contributed by atoms with Crippen molar-refractivity contribution in [2.75, 3.05) is 30.4 Å². The first kappa shape index (κ1) is 17.0. The van der Waals surface area contributed by atoms with Gasteiger partial charge in [-0.25, -0.2) is 4.79 Å². The fraction of sp³-hybridized carbons (Fsp3) is 0.300. The molecule has 130 valence electrons. The molecule has 0 radical (unpaired) electrons. The number of urea groups is 1. The van der Waals surface area contributed by atoms with Gasteiger partial charge in [0.15, 0.2) is 0 Å². The number of para-hydroxylation sites is 2. The van der Waals surface area contributed by atoms with Gasteiger partial charge in [-0.05, 0) is 37.1 Å². The van der Waals surface area contributed by atoms with Gasteiger partial charge in [0.2, 0.25) is 5.91 Å². The molecule has 0 unspecified atom stereocenters. The van der Waals surface area contributed by atoms with Gasteiger partial charge in [-0.15, -0.1) is 0 Å². The molecule has 2 aromatic rings. The molecular weight excluding hydrogens is 314 g/mol. The van der Waals surface area contributed by atoms with Crippen LogP contribution in [0.1, 0.15) is 12.8 Å². The Kier molecular flexibility index (Phi) is 5.33. The zero-order valence-corrected chi connectivity index (χ0v) is 14.4. The highest BCUT2D eigenvalue weighted by atomic mass is 16.2. The fourth-order valence-electron chi connectivity index (χ4n) is 3.11. The van der Waals surface area contributed by atoms with Crippen LogP contribution in [0.15, 0.2) is 60.7 Å². The van der Waals surface area contributed by atoms with Crippen LogP contribution >= 0.6 is 0 Å². The van der Waals surface area contributed by atoms with E-state index in [0.717, 1.165) is 11.4 Å². The standard InChI is InChI=1S/C20H23N3O2/c1-22(18-10-6-3-7-11-18)19(24)16-12-14-23(15-13-16)20(25)21-17-8-4-2-5-9-17/h2-11,16H,12-15H2,1H3,(H,21,25). The number of hydrogen-bond acceptors (Lipinski definition) is 2. The monoisotopic (exact) mass is 337 g/mol. The Hall–Kier alpha value is -2.82. The van der Waals surface area contributed by atoms with Crippen molar-refractivity contribution >= 4 is 23.3 Å². The SMILES string of the molecule is CN(C(=O)C1CCN(C(=O)Nc2ccccc2)CC1)c1ccccc1. The fourth-order valence-corrected chi connectivity index (χ4v) is 3.11. The molecule has 5 heteroatoms. The van der Waals surface area contributed by atoms with E-state index in [9.17, 15) is 9.59 Å². The van der Waals surface area contributed by atoms with Gasteiger partial charge in [-0.1, -0.05) is 36.4 Å². The maximum Gasteiger partial charge on any atom is 0.321 e. The molecule has 0 atom stereocenters. The average molecular weight is 337 g/mol. The minimum atomic E-state index is -0.103. The summed E-state index contributed by atoms with van der Waals surface area (Å²) in [7, 11) is 1.81. The third-order valence-electron chi connectivity index (χ3n) is 4.63. The number of amides is 3. The van der Waals surface area contributed by atoms with Gasteiger partial charge in [0.1, 0.15) is 0 Å². The topological polar surface area (TPSA) is 52.7 Å². The zero-order chi connectivity index (χ0) is 17.6. The van der Waals surface area contributed by atoms with Gasteiger partial charge in [-0.2, -0.15) is 0 Å². The molecule has 3 amide bonds. The van der Waals surface area contributed by atoms with E-state index in [-0.39, 0.29) is 17.9 Å². The number of benzene rings is 2. The summed E-state index contributed by atoms with van der Waals surface area (Å²) in [6.45, 7) is 1.19. The molecule has 1 N–H and O–H groups in total. The molecule has 0 aromatic heterocycles. The van der Waals surface area contributed by atoms with Crippen LogP contribution in [0.3, 0.4) is 0 Å². The highest BCUT2D eigenvalue weighted by Crippen LogP contribution is 2.23. The van der Waals surface area contributed by atoms with E-state index >= 15 is 0 Å². The first-order valence-electron chi connectivity index (χ1n) is 8.59. The van der Waals surface area contributed by atoms with Crippen LogP contribution in [0.5, 0.6) is 0 Å². The van der Waals surface area contributed by atoms with Crippen LogP contribution in [0.2, 0.25) is 0 Å². The number of piperidine rings is 1. The Labute approximate surface area is 148 Å².